The lowest BCUT2D eigenvalue weighted by Crippen LogP contribution is -2.52. The first-order valence-corrected chi connectivity index (χ1v) is 9.90. The van der Waals surface area contributed by atoms with Crippen LogP contribution in [0.5, 0.6) is 0 Å². The van der Waals surface area contributed by atoms with Crippen molar-refractivity contribution in [2.75, 3.05) is 20.2 Å². The van der Waals surface area contributed by atoms with E-state index < -0.39 is 0 Å². The van der Waals surface area contributed by atoms with Gasteiger partial charge in [-0.2, -0.15) is 0 Å². The maximum atomic E-state index is 12.4. The predicted molar refractivity (Wildman–Crippen MR) is 110 cm³/mol. The highest BCUT2D eigenvalue weighted by Crippen LogP contribution is 2.37. The number of piperidine rings is 1. The molecule has 0 amide bonds. The van der Waals surface area contributed by atoms with E-state index in [0.717, 1.165) is 49.9 Å². The molecule has 0 N–H and O–H groups in total. The molecule has 27 heavy (non-hydrogen) atoms. The third kappa shape index (κ3) is 3.82. The molecule has 5 nitrogen and oxygen atoms in total. The van der Waals surface area contributed by atoms with E-state index in [1.54, 1.807) is 0 Å². The number of rotatable bonds is 3. The largest absolute Gasteiger partial charge is 0.420 e. The molecule has 1 aromatic heterocycles. The Morgan fingerprint density at radius 3 is 2.44 bits per heavy atom. The molecule has 0 spiro atoms. The number of benzene rings is 1. The van der Waals surface area contributed by atoms with Gasteiger partial charge in [0.05, 0.1) is 11.6 Å². The van der Waals surface area contributed by atoms with Crippen molar-refractivity contribution < 1.29 is 9.15 Å². The molecule has 2 fully saturated rings. The van der Waals surface area contributed by atoms with Crippen LogP contribution in [0.1, 0.15) is 57.1 Å². The van der Waals surface area contributed by atoms with Crippen LogP contribution in [0.2, 0.25) is 0 Å². The van der Waals surface area contributed by atoms with Gasteiger partial charge in [0.2, 0.25) is 0 Å². The van der Waals surface area contributed by atoms with Gasteiger partial charge in [-0.25, -0.2) is 4.79 Å². The molecule has 0 bridgehead atoms. The molecule has 2 heterocycles. The van der Waals surface area contributed by atoms with Gasteiger partial charge in [-0.1, -0.05) is 6.07 Å². The zero-order chi connectivity index (χ0) is 18.3. The number of oxazole rings is 1. The summed E-state index contributed by atoms with van der Waals surface area (Å²) in [5.74, 6) is -0.212. The van der Waals surface area contributed by atoms with Crippen LogP contribution in [-0.2, 0) is 4.74 Å². The van der Waals surface area contributed by atoms with Crippen molar-refractivity contribution in [2.24, 2.45) is 0 Å². The normalized spacial score (nSPS) is 27.6. The van der Waals surface area contributed by atoms with Crippen LogP contribution in [-0.4, -0.2) is 41.3 Å². The van der Waals surface area contributed by atoms with Gasteiger partial charge in [0, 0.05) is 31.8 Å². The standard InChI is InChI=1S/C21H30N2O3.ClH/c1-15-4-5-19-18(14-15)23(20(24)26-19)16-8-12-22(13-9-16)21(2)10-6-17(25-3)7-11-21;/h4-5,14,16-17H,6-13H2,1-3H3;1H. The van der Waals surface area contributed by atoms with Crippen LogP contribution >= 0.6 is 12.4 Å². The Kier molecular flexibility index (Phi) is 6.04. The summed E-state index contributed by atoms with van der Waals surface area (Å²) >= 11 is 0. The zero-order valence-electron chi connectivity index (χ0n) is 16.6. The topological polar surface area (TPSA) is 47.6 Å². The predicted octanol–water partition coefficient (Wildman–Crippen LogP) is 4.31. The van der Waals surface area contributed by atoms with Crippen molar-refractivity contribution in [3.8, 4) is 0 Å². The first-order valence-electron chi connectivity index (χ1n) is 9.90. The highest BCUT2D eigenvalue weighted by Gasteiger charge is 2.38. The second kappa shape index (κ2) is 7.98. The summed E-state index contributed by atoms with van der Waals surface area (Å²) < 4.78 is 12.9. The molecule has 0 radical (unpaired) electrons. The minimum Gasteiger partial charge on any atom is -0.408 e. The SMILES string of the molecule is COC1CCC(C)(N2CCC(n3c(=O)oc4ccc(C)cc43)CC2)CC1.Cl. The fourth-order valence-corrected chi connectivity index (χ4v) is 4.92. The minimum atomic E-state index is -0.212. The molecule has 2 aromatic rings. The number of methoxy groups -OCH3 is 1. The lowest BCUT2D eigenvalue weighted by molar-refractivity contribution is -0.0147. The maximum Gasteiger partial charge on any atom is 0.420 e. The van der Waals surface area contributed by atoms with Gasteiger partial charge in [-0.15, -0.1) is 12.4 Å². The molecule has 1 aromatic carbocycles. The van der Waals surface area contributed by atoms with Crippen molar-refractivity contribution in [1.29, 1.82) is 0 Å². The van der Waals surface area contributed by atoms with E-state index in [1.807, 2.05) is 23.8 Å². The van der Waals surface area contributed by atoms with Crippen LogP contribution in [0.3, 0.4) is 0 Å². The quantitative estimate of drug-likeness (QED) is 0.778. The Morgan fingerprint density at radius 1 is 1.15 bits per heavy atom. The average Bonchev–Trinajstić information content (AvgIpc) is 2.97. The van der Waals surface area contributed by atoms with Crippen LogP contribution in [0.15, 0.2) is 27.4 Å². The molecular weight excluding hydrogens is 364 g/mol. The molecule has 1 saturated heterocycles. The van der Waals surface area contributed by atoms with Crippen molar-refractivity contribution in [1.82, 2.24) is 9.47 Å². The zero-order valence-corrected chi connectivity index (χ0v) is 17.4. The van der Waals surface area contributed by atoms with Gasteiger partial charge in [-0.3, -0.25) is 9.47 Å². The second-order valence-electron chi connectivity index (χ2n) is 8.36. The van der Waals surface area contributed by atoms with E-state index in [-0.39, 0.29) is 29.7 Å². The third-order valence-electron chi connectivity index (χ3n) is 6.70. The number of likely N-dealkylation sites (tertiary alicyclic amines) is 1. The van der Waals surface area contributed by atoms with Crippen molar-refractivity contribution >= 4 is 23.5 Å². The van der Waals surface area contributed by atoms with Crippen LogP contribution in [0.4, 0.5) is 0 Å². The summed E-state index contributed by atoms with van der Waals surface area (Å²) in [7, 11) is 1.83. The summed E-state index contributed by atoms with van der Waals surface area (Å²) in [5, 5.41) is 0. The molecule has 4 rings (SSSR count). The lowest BCUT2D eigenvalue weighted by atomic mass is 9.79. The van der Waals surface area contributed by atoms with Gasteiger partial charge in [0.25, 0.3) is 0 Å². The summed E-state index contributed by atoms with van der Waals surface area (Å²) in [6.45, 7) is 6.55. The number of fused-ring (bicyclic) bond motifs is 1. The molecule has 6 heteroatoms. The Bertz CT molecular complexity index is 828. The molecule has 150 valence electrons. The van der Waals surface area contributed by atoms with Gasteiger partial charge in [0.15, 0.2) is 5.58 Å². The van der Waals surface area contributed by atoms with E-state index in [1.165, 1.54) is 12.8 Å². The summed E-state index contributed by atoms with van der Waals surface area (Å²) in [5.41, 5.74) is 3.08. The average molecular weight is 395 g/mol. The Hall–Kier alpha value is -1.30. The van der Waals surface area contributed by atoms with E-state index >= 15 is 0 Å². The van der Waals surface area contributed by atoms with E-state index in [9.17, 15) is 4.79 Å². The van der Waals surface area contributed by atoms with Crippen molar-refractivity contribution in [3.63, 3.8) is 0 Å². The number of nitrogens with zero attached hydrogens (tertiary/aromatic N) is 2. The lowest BCUT2D eigenvalue weighted by Gasteiger charge is -2.48. The fraction of sp³-hybridized carbons (Fsp3) is 0.667. The van der Waals surface area contributed by atoms with Gasteiger partial charge < -0.3 is 9.15 Å². The first kappa shape index (κ1) is 20.4. The van der Waals surface area contributed by atoms with Gasteiger partial charge in [-0.05, 0) is 70.1 Å². The molecule has 1 aliphatic carbocycles. The molecule has 0 unspecified atom stereocenters. The van der Waals surface area contributed by atoms with Crippen molar-refractivity contribution in [3.05, 3.63) is 34.3 Å². The molecule has 2 aliphatic rings. The monoisotopic (exact) mass is 394 g/mol. The van der Waals surface area contributed by atoms with Crippen molar-refractivity contribution in [2.45, 2.75) is 70.1 Å². The Balaban J connectivity index is 0.00000210. The van der Waals surface area contributed by atoms with Gasteiger partial charge in [0.1, 0.15) is 0 Å². The number of hydrogen-bond acceptors (Lipinski definition) is 4. The van der Waals surface area contributed by atoms with Crippen LogP contribution in [0, 0.1) is 6.92 Å². The van der Waals surface area contributed by atoms with Gasteiger partial charge >= 0.3 is 5.76 Å². The first-order chi connectivity index (χ1) is 12.5. The number of ether oxygens (including phenoxy) is 1. The second-order valence-corrected chi connectivity index (χ2v) is 8.36. The van der Waals surface area contributed by atoms with Crippen LogP contribution < -0.4 is 5.76 Å². The van der Waals surface area contributed by atoms with E-state index in [0.29, 0.717) is 11.7 Å². The Morgan fingerprint density at radius 2 is 1.81 bits per heavy atom. The highest BCUT2D eigenvalue weighted by atomic mass is 35.5. The number of halogens is 1. The Labute approximate surface area is 167 Å². The molecule has 1 saturated carbocycles. The maximum absolute atomic E-state index is 12.4. The number of aryl methyl sites for hydroxylation is 1. The third-order valence-corrected chi connectivity index (χ3v) is 6.70. The summed E-state index contributed by atoms with van der Waals surface area (Å²) in [6, 6.07) is 6.21. The number of hydrogen-bond donors (Lipinski definition) is 0. The molecular formula is C21H31ClN2O3. The van der Waals surface area contributed by atoms with Crippen LogP contribution in [0.25, 0.3) is 11.1 Å². The highest BCUT2D eigenvalue weighted by molar-refractivity contribution is 5.85. The smallest absolute Gasteiger partial charge is 0.408 e. The summed E-state index contributed by atoms with van der Waals surface area (Å²) in [6.07, 6.45) is 7.14. The number of aromatic nitrogens is 1. The summed E-state index contributed by atoms with van der Waals surface area (Å²) in [4.78, 5) is 15.1. The van der Waals surface area contributed by atoms with E-state index in [2.05, 4.69) is 24.8 Å². The molecule has 1 aliphatic heterocycles. The van der Waals surface area contributed by atoms with E-state index in [4.69, 9.17) is 9.15 Å². The fourth-order valence-electron chi connectivity index (χ4n) is 4.92. The minimum absolute atomic E-state index is 0. The molecule has 0 atom stereocenters.